The molecule has 1 heterocycles. The first kappa shape index (κ1) is 12.3. The zero-order valence-electron chi connectivity index (χ0n) is 10.8. The van der Waals surface area contributed by atoms with Gasteiger partial charge in [0, 0.05) is 12.5 Å². The molecule has 3 rings (SSSR count). The van der Waals surface area contributed by atoms with E-state index < -0.39 is 0 Å². The molecule has 96 valence electrons. The van der Waals surface area contributed by atoms with Crippen molar-refractivity contribution in [3.63, 3.8) is 0 Å². The lowest BCUT2D eigenvalue weighted by Gasteiger charge is -2.15. The Kier molecular flexibility index (Phi) is 3.32. The van der Waals surface area contributed by atoms with Gasteiger partial charge in [-0.2, -0.15) is 0 Å². The van der Waals surface area contributed by atoms with Gasteiger partial charge in [0.05, 0.1) is 15.2 Å². The van der Waals surface area contributed by atoms with Crippen molar-refractivity contribution in [1.29, 1.82) is 0 Å². The quantitative estimate of drug-likeness (QED) is 0.786. The molecule has 1 aromatic heterocycles. The van der Waals surface area contributed by atoms with Crippen LogP contribution in [0.15, 0.2) is 48.5 Å². The number of benzene rings is 2. The van der Waals surface area contributed by atoms with Crippen molar-refractivity contribution < 1.29 is 0 Å². The Morgan fingerprint density at radius 1 is 1.11 bits per heavy atom. The fraction of sp³-hybridized carbons (Fsp3) is 0.188. The summed E-state index contributed by atoms with van der Waals surface area (Å²) in [6, 6.07) is 16.9. The van der Waals surface area contributed by atoms with Crippen LogP contribution in [0.3, 0.4) is 0 Å². The molecule has 19 heavy (non-hydrogen) atoms. The Balaban J connectivity index is 2.06. The van der Waals surface area contributed by atoms with Crippen LogP contribution in [0.2, 0.25) is 0 Å². The Bertz CT molecular complexity index is 688. The summed E-state index contributed by atoms with van der Waals surface area (Å²) in [5, 5.41) is 1.11. The predicted molar refractivity (Wildman–Crippen MR) is 81.7 cm³/mol. The zero-order valence-corrected chi connectivity index (χ0v) is 11.7. The Morgan fingerprint density at radius 2 is 1.89 bits per heavy atom. The summed E-state index contributed by atoms with van der Waals surface area (Å²) in [5.74, 6) is 0.243. The Morgan fingerprint density at radius 3 is 2.63 bits per heavy atom. The largest absolute Gasteiger partial charge is 0.330 e. The number of hydrogen-bond acceptors (Lipinski definition) is 3. The van der Waals surface area contributed by atoms with Crippen molar-refractivity contribution in [2.75, 3.05) is 6.54 Å². The van der Waals surface area contributed by atoms with E-state index in [-0.39, 0.29) is 5.92 Å². The van der Waals surface area contributed by atoms with Gasteiger partial charge in [-0.3, -0.25) is 0 Å². The highest BCUT2D eigenvalue weighted by Gasteiger charge is 2.13. The minimum atomic E-state index is 0.243. The predicted octanol–water partition coefficient (Wildman–Crippen LogP) is 3.70. The minimum Gasteiger partial charge on any atom is -0.330 e. The van der Waals surface area contributed by atoms with Gasteiger partial charge >= 0.3 is 0 Å². The van der Waals surface area contributed by atoms with E-state index in [2.05, 4.69) is 47.4 Å². The third-order valence-corrected chi connectivity index (χ3v) is 4.31. The van der Waals surface area contributed by atoms with Crippen molar-refractivity contribution in [2.24, 2.45) is 5.73 Å². The van der Waals surface area contributed by atoms with Crippen LogP contribution in [0, 0.1) is 6.92 Å². The maximum atomic E-state index is 5.97. The molecule has 0 fully saturated rings. The highest BCUT2D eigenvalue weighted by Crippen LogP contribution is 2.28. The molecule has 1 unspecified atom stereocenters. The SMILES string of the molecule is Cc1nc2cc(C(CN)c3ccccc3)ccc2s1. The molecular formula is C16H16N2S. The van der Waals surface area contributed by atoms with E-state index in [0.29, 0.717) is 6.54 Å². The van der Waals surface area contributed by atoms with Crippen LogP contribution >= 0.6 is 11.3 Å². The third kappa shape index (κ3) is 2.39. The molecule has 0 aliphatic rings. The van der Waals surface area contributed by atoms with Crippen LogP contribution in [0.1, 0.15) is 22.1 Å². The van der Waals surface area contributed by atoms with Crippen molar-refractivity contribution >= 4 is 21.6 Å². The standard InChI is InChI=1S/C16H16N2S/c1-11-18-15-9-13(7-8-16(15)19-11)14(10-17)12-5-3-2-4-6-12/h2-9,14H,10,17H2,1H3. The molecule has 0 amide bonds. The average Bonchev–Trinajstić information content (AvgIpc) is 2.80. The molecular weight excluding hydrogens is 252 g/mol. The highest BCUT2D eigenvalue weighted by molar-refractivity contribution is 7.18. The van der Waals surface area contributed by atoms with Crippen molar-refractivity contribution in [1.82, 2.24) is 4.98 Å². The van der Waals surface area contributed by atoms with E-state index in [1.165, 1.54) is 15.8 Å². The van der Waals surface area contributed by atoms with E-state index in [1.807, 2.05) is 13.0 Å². The second kappa shape index (κ2) is 5.11. The second-order valence-corrected chi connectivity index (χ2v) is 5.89. The van der Waals surface area contributed by atoms with Crippen LogP contribution in [-0.4, -0.2) is 11.5 Å². The first-order chi connectivity index (χ1) is 9.28. The van der Waals surface area contributed by atoms with Gasteiger partial charge in [0.15, 0.2) is 0 Å². The number of nitrogens with zero attached hydrogens (tertiary/aromatic N) is 1. The third-order valence-electron chi connectivity index (χ3n) is 3.36. The van der Waals surface area contributed by atoms with E-state index in [0.717, 1.165) is 10.5 Å². The van der Waals surface area contributed by atoms with Gasteiger partial charge in [0.2, 0.25) is 0 Å². The zero-order chi connectivity index (χ0) is 13.2. The molecule has 3 aromatic rings. The van der Waals surface area contributed by atoms with Gasteiger partial charge in [-0.05, 0) is 30.2 Å². The van der Waals surface area contributed by atoms with Crippen LogP contribution in [0.5, 0.6) is 0 Å². The summed E-state index contributed by atoms with van der Waals surface area (Å²) in [6.45, 7) is 2.65. The molecule has 2 aromatic carbocycles. The highest BCUT2D eigenvalue weighted by atomic mass is 32.1. The minimum absolute atomic E-state index is 0.243. The molecule has 3 heteroatoms. The molecule has 0 aliphatic heterocycles. The topological polar surface area (TPSA) is 38.9 Å². The molecule has 0 aliphatic carbocycles. The summed E-state index contributed by atoms with van der Waals surface area (Å²) in [4.78, 5) is 4.56. The summed E-state index contributed by atoms with van der Waals surface area (Å²) < 4.78 is 1.24. The van der Waals surface area contributed by atoms with Crippen LogP contribution in [0.25, 0.3) is 10.2 Å². The fourth-order valence-corrected chi connectivity index (χ4v) is 3.23. The van der Waals surface area contributed by atoms with Gasteiger partial charge in [0.25, 0.3) is 0 Å². The number of aryl methyl sites for hydroxylation is 1. The molecule has 0 saturated heterocycles. The van der Waals surface area contributed by atoms with Gasteiger partial charge in [-0.25, -0.2) is 4.98 Å². The second-order valence-electron chi connectivity index (χ2n) is 4.66. The van der Waals surface area contributed by atoms with Crippen molar-refractivity contribution in [3.8, 4) is 0 Å². The number of hydrogen-bond donors (Lipinski definition) is 1. The number of rotatable bonds is 3. The van der Waals surface area contributed by atoms with Gasteiger partial charge in [-0.15, -0.1) is 11.3 Å². The number of nitrogens with two attached hydrogens (primary N) is 1. The van der Waals surface area contributed by atoms with Crippen molar-refractivity contribution in [2.45, 2.75) is 12.8 Å². The maximum Gasteiger partial charge on any atom is 0.0907 e. The monoisotopic (exact) mass is 268 g/mol. The molecule has 1 atom stereocenters. The Labute approximate surface area is 116 Å². The van der Waals surface area contributed by atoms with E-state index >= 15 is 0 Å². The van der Waals surface area contributed by atoms with E-state index in [9.17, 15) is 0 Å². The molecule has 2 N–H and O–H groups in total. The lowest BCUT2D eigenvalue weighted by atomic mass is 9.91. The molecule has 0 spiro atoms. The number of fused-ring (bicyclic) bond motifs is 1. The molecule has 2 nitrogen and oxygen atoms in total. The summed E-state index contributed by atoms with van der Waals surface area (Å²) in [5.41, 5.74) is 9.55. The van der Waals surface area contributed by atoms with Gasteiger partial charge < -0.3 is 5.73 Å². The summed E-state index contributed by atoms with van der Waals surface area (Å²) >= 11 is 1.73. The normalized spacial score (nSPS) is 12.7. The molecule has 0 bridgehead atoms. The number of aromatic nitrogens is 1. The van der Waals surface area contributed by atoms with Crippen LogP contribution in [0.4, 0.5) is 0 Å². The summed E-state index contributed by atoms with van der Waals surface area (Å²) in [6.07, 6.45) is 0. The fourth-order valence-electron chi connectivity index (χ4n) is 2.43. The number of thiazole rings is 1. The molecule has 0 radical (unpaired) electrons. The van der Waals surface area contributed by atoms with Crippen molar-refractivity contribution in [3.05, 3.63) is 64.7 Å². The van der Waals surface area contributed by atoms with Gasteiger partial charge in [0.1, 0.15) is 0 Å². The van der Waals surface area contributed by atoms with Gasteiger partial charge in [-0.1, -0.05) is 36.4 Å². The smallest absolute Gasteiger partial charge is 0.0907 e. The summed E-state index contributed by atoms with van der Waals surface area (Å²) in [7, 11) is 0. The Hall–Kier alpha value is -1.71. The molecule has 0 saturated carbocycles. The van der Waals surface area contributed by atoms with E-state index in [4.69, 9.17) is 5.73 Å². The van der Waals surface area contributed by atoms with Crippen LogP contribution < -0.4 is 5.73 Å². The lowest BCUT2D eigenvalue weighted by Crippen LogP contribution is -2.13. The average molecular weight is 268 g/mol. The first-order valence-corrected chi connectivity index (χ1v) is 7.21. The first-order valence-electron chi connectivity index (χ1n) is 6.40. The lowest BCUT2D eigenvalue weighted by molar-refractivity contribution is 0.820. The maximum absolute atomic E-state index is 5.97. The van der Waals surface area contributed by atoms with E-state index in [1.54, 1.807) is 11.3 Å². The van der Waals surface area contributed by atoms with Crippen LogP contribution in [-0.2, 0) is 0 Å².